The Labute approximate surface area is 85.9 Å². The highest BCUT2D eigenvalue weighted by Gasteiger charge is 2.04. The van der Waals surface area contributed by atoms with Gasteiger partial charge in [0.05, 0.1) is 6.61 Å². The summed E-state index contributed by atoms with van der Waals surface area (Å²) in [7, 11) is 0. The predicted molar refractivity (Wildman–Crippen MR) is 58.5 cm³/mol. The monoisotopic (exact) mass is 198 g/mol. The van der Waals surface area contributed by atoms with Crippen LogP contribution in [0.5, 0.6) is 5.75 Å². The summed E-state index contributed by atoms with van der Waals surface area (Å²) in [6, 6.07) is 5.51. The highest BCUT2D eigenvalue weighted by Crippen LogP contribution is 2.23. The van der Waals surface area contributed by atoms with Crippen LogP contribution in [0.1, 0.15) is 31.9 Å². The molecule has 1 aromatic rings. The average molecular weight is 198 g/mol. The third-order valence-corrected chi connectivity index (χ3v) is 1.73. The molecule has 0 saturated heterocycles. The molecule has 0 aromatic heterocycles. The van der Waals surface area contributed by atoms with Crippen molar-refractivity contribution >= 4 is 0 Å². The van der Waals surface area contributed by atoms with Gasteiger partial charge in [0.15, 0.2) is 0 Å². The van der Waals surface area contributed by atoms with Crippen molar-refractivity contribution < 1.29 is 9.13 Å². The summed E-state index contributed by atoms with van der Waals surface area (Å²) in [6.45, 7) is 7.94. The molecule has 1 aromatic carbocycles. The molecule has 0 N–H and O–H groups in total. The molecule has 80 valence electrons. The SMILES string of the molecule is CC.CCOc1c(C)cccc1CF. The smallest absolute Gasteiger partial charge is 0.127 e. The van der Waals surface area contributed by atoms with E-state index >= 15 is 0 Å². The molecule has 2 heteroatoms. The lowest BCUT2D eigenvalue weighted by atomic mass is 10.1. The summed E-state index contributed by atoms with van der Waals surface area (Å²) in [5.74, 6) is 0.697. The summed E-state index contributed by atoms with van der Waals surface area (Å²) < 4.78 is 17.7. The van der Waals surface area contributed by atoms with Gasteiger partial charge < -0.3 is 4.74 Å². The van der Waals surface area contributed by atoms with Crippen LogP contribution in [0.4, 0.5) is 4.39 Å². The number of hydrogen-bond acceptors (Lipinski definition) is 1. The molecule has 1 rings (SSSR count). The molecule has 0 amide bonds. The predicted octanol–water partition coefficient (Wildman–Crippen LogP) is 3.89. The number of para-hydroxylation sites is 1. The van der Waals surface area contributed by atoms with Gasteiger partial charge in [-0.25, -0.2) is 4.39 Å². The van der Waals surface area contributed by atoms with Gasteiger partial charge in [-0.2, -0.15) is 0 Å². The van der Waals surface area contributed by atoms with Crippen molar-refractivity contribution in [1.29, 1.82) is 0 Å². The maximum absolute atomic E-state index is 12.4. The largest absolute Gasteiger partial charge is 0.493 e. The maximum Gasteiger partial charge on any atom is 0.127 e. The number of alkyl halides is 1. The summed E-state index contributed by atoms with van der Waals surface area (Å²) in [5, 5.41) is 0. The van der Waals surface area contributed by atoms with E-state index in [0.29, 0.717) is 17.9 Å². The maximum atomic E-state index is 12.4. The van der Waals surface area contributed by atoms with Crippen molar-refractivity contribution in [1.82, 2.24) is 0 Å². The zero-order chi connectivity index (χ0) is 11.0. The Morgan fingerprint density at radius 3 is 2.43 bits per heavy atom. The normalized spacial score (nSPS) is 8.93. The van der Waals surface area contributed by atoms with Crippen LogP contribution in [0.15, 0.2) is 18.2 Å². The second-order valence-corrected chi connectivity index (χ2v) is 2.63. The van der Waals surface area contributed by atoms with Gasteiger partial charge >= 0.3 is 0 Å². The molecule has 1 nitrogen and oxygen atoms in total. The summed E-state index contributed by atoms with van der Waals surface area (Å²) in [6.07, 6.45) is 0. The number of ether oxygens (including phenoxy) is 1. The second-order valence-electron chi connectivity index (χ2n) is 2.63. The molecule has 0 atom stereocenters. The van der Waals surface area contributed by atoms with E-state index < -0.39 is 6.67 Å². The Kier molecular flexibility index (Phi) is 6.81. The Balaban J connectivity index is 0.000000791. The minimum atomic E-state index is -0.461. The fraction of sp³-hybridized carbons (Fsp3) is 0.500. The van der Waals surface area contributed by atoms with Crippen LogP contribution in [-0.2, 0) is 6.67 Å². The van der Waals surface area contributed by atoms with E-state index in [4.69, 9.17) is 4.74 Å². The zero-order valence-corrected chi connectivity index (χ0v) is 9.43. The quantitative estimate of drug-likeness (QED) is 0.716. The molecular formula is C12H19FO. The van der Waals surface area contributed by atoms with Crippen LogP contribution in [0.2, 0.25) is 0 Å². The van der Waals surface area contributed by atoms with Gasteiger partial charge in [-0.05, 0) is 19.4 Å². The van der Waals surface area contributed by atoms with Crippen molar-refractivity contribution in [3.63, 3.8) is 0 Å². The van der Waals surface area contributed by atoms with E-state index in [1.54, 1.807) is 6.07 Å². The van der Waals surface area contributed by atoms with Crippen molar-refractivity contribution in [2.24, 2.45) is 0 Å². The Morgan fingerprint density at radius 1 is 1.29 bits per heavy atom. The number of aryl methyl sites for hydroxylation is 1. The first kappa shape index (κ1) is 12.9. The molecule has 0 bridgehead atoms. The van der Waals surface area contributed by atoms with E-state index in [0.717, 1.165) is 5.56 Å². The van der Waals surface area contributed by atoms with E-state index in [1.165, 1.54) is 0 Å². The van der Waals surface area contributed by atoms with Crippen molar-refractivity contribution in [2.75, 3.05) is 6.61 Å². The van der Waals surface area contributed by atoms with E-state index in [9.17, 15) is 4.39 Å². The third-order valence-electron chi connectivity index (χ3n) is 1.73. The highest BCUT2D eigenvalue weighted by atomic mass is 19.1. The standard InChI is InChI=1S/C10H13FO.C2H6/c1-3-12-10-8(2)5-4-6-9(10)7-11;1-2/h4-6H,3,7H2,1-2H3;1-2H3. The fourth-order valence-electron chi connectivity index (χ4n) is 1.17. The second kappa shape index (κ2) is 7.36. The molecule has 0 spiro atoms. The van der Waals surface area contributed by atoms with Crippen molar-refractivity contribution in [2.45, 2.75) is 34.4 Å². The molecule has 0 fully saturated rings. The zero-order valence-electron chi connectivity index (χ0n) is 9.43. The van der Waals surface area contributed by atoms with Crippen LogP contribution in [0, 0.1) is 6.92 Å². The average Bonchev–Trinajstić information content (AvgIpc) is 2.24. The van der Waals surface area contributed by atoms with E-state index in [2.05, 4.69) is 0 Å². The van der Waals surface area contributed by atoms with Crippen LogP contribution in [0.3, 0.4) is 0 Å². The summed E-state index contributed by atoms with van der Waals surface area (Å²) >= 11 is 0. The lowest BCUT2D eigenvalue weighted by Crippen LogP contribution is -1.97. The minimum Gasteiger partial charge on any atom is -0.493 e. The van der Waals surface area contributed by atoms with Gasteiger partial charge in [-0.1, -0.05) is 32.0 Å². The first-order valence-electron chi connectivity index (χ1n) is 5.06. The molecule has 0 aliphatic heterocycles. The van der Waals surface area contributed by atoms with Gasteiger partial charge in [-0.3, -0.25) is 0 Å². The summed E-state index contributed by atoms with van der Waals surface area (Å²) in [5.41, 5.74) is 1.63. The van der Waals surface area contributed by atoms with E-state index in [-0.39, 0.29) is 0 Å². The molecule has 0 aliphatic rings. The Bertz CT molecular complexity index is 258. The van der Waals surface area contributed by atoms with Gasteiger partial charge in [0.25, 0.3) is 0 Å². The van der Waals surface area contributed by atoms with Crippen LogP contribution in [0.25, 0.3) is 0 Å². The third kappa shape index (κ3) is 3.36. The van der Waals surface area contributed by atoms with Crippen LogP contribution in [-0.4, -0.2) is 6.61 Å². The van der Waals surface area contributed by atoms with Gasteiger partial charge in [0.2, 0.25) is 0 Å². The van der Waals surface area contributed by atoms with Crippen LogP contribution < -0.4 is 4.74 Å². The van der Waals surface area contributed by atoms with Gasteiger partial charge in [-0.15, -0.1) is 0 Å². The molecule has 0 heterocycles. The number of rotatable bonds is 3. The summed E-state index contributed by atoms with van der Waals surface area (Å²) in [4.78, 5) is 0. The lowest BCUT2D eigenvalue weighted by molar-refractivity contribution is 0.327. The van der Waals surface area contributed by atoms with Crippen molar-refractivity contribution in [3.05, 3.63) is 29.3 Å². The fourth-order valence-corrected chi connectivity index (χ4v) is 1.17. The first-order valence-corrected chi connectivity index (χ1v) is 5.06. The Hall–Kier alpha value is -1.05. The Morgan fingerprint density at radius 2 is 1.93 bits per heavy atom. The number of hydrogen-bond donors (Lipinski definition) is 0. The van der Waals surface area contributed by atoms with Crippen molar-refractivity contribution in [3.8, 4) is 5.75 Å². The molecule has 0 aliphatic carbocycles. The molecule has 14 heavy (non-hydrogen) atoms. The molecule has 0 radical (unpaired) electrons. The van der Waals surface area contributed by atoms with E-state index in [1.807, 2.05) is 39.8 Å². The van der Waals surface area contributed by atoms with Crippen LogP contribution >= 0.6 is 0 Å². The highest BCUT2D eigenvalue weighted by molar-refractivity contribution is 5.40. The minimum absolute atomic E-state index is 0.461. The van der Waals surface area contributed by atoms with Gasteiger partial charge in [0, 0.05) is 5.56 Å². The topological polar surface area (TPSA) is 9.23 Å². The number of halogens is 1. The lowest BCUT2D eigenvalue weighted by Gasteiger charge is -2.09. The molecule has 0 saturated carbocycles. The molecular weight excluding hydrogens is 179 g/mol. The number of benzene rings is 1. The van der Waals surface area contributed by atoms with Gasteiger partial charge in [0.1, 0.15) is 12.4 Å². The molecule has 0 unspecified atom stereocenters. The first-order chi connectivity index (χ1) is 6.79.